The number of urea groups is 1. The number of methoxy groups -OCH3 is 1. The van der Waals surface area contributed by atoms with Crippen LogP contribution in [0, 0.1) is 5.92 Å². The van der Waals surface area contributed by atoms with Gasteiger partial charge in [-0.15, -0.1) is 0 Å². The highest BCUT2D eigenvalue weighted by molar-refractivity contribution is 6.32. The summed E-state index contributed by atoms with van der Waals surface area (Å²) in [5.41, 5.74) is 0.643. The largest absolute Gasteiger partial charge is 0.495 e. The van der Waals surface area contributed by atoms with Crippen molar-refractivity contribution >= 4 is 35.1 Å². The number of carbonyl (C=O) groups excluding carboxylic acids is 3. The Morgan fingerprint density at radius 3 is 2.88 bits per heavy atom. The van der Waals surface area contributed by atoms with Crippen molar-refractivity contribution in [2.24, 2.45) is 5.92 Å². The average molecular weight is 381 g/mol. The first-order valence-electron chi connectivity index (χ1n) is 8.44. The average Bonchev–Trinajstić information content (AvgIpc) is 3.20. The molecule has 140 valence electrons. The van der Waals surface area contributed by atoms with Crippen LogP contribution in [0.5, 0.6) is 5.75 Å². The molecule has 2 fully saturated rings. The number of anilines is 1. The Hall–Kier alpha value is -2.48. The molecule has 1 aromatic rings. The summed E-state index contributed by atoms with van der Waals surface area (Å²) in [6, 6.07) is 4.98. The highest BCUT2D eigenvalue weighted by Gasteiger charge is 2.35. The van der Waals surface area contributed by atoms with Crippen molar-refractivity contribution in [3.63, 3.8) is 0 Å². The minimum absolute atomic E-state index is 0.113. The van der Waals surface area contributed by atoms with Gasteiger partial charge in [-0.25, -0.2) is 4.79 Å². The number of rotatable bonds is 6. The molecule has 9 heteroatoms. The van der Waals surface area contributed by atoms with Gasteiger partial charge in [0.05, 0.1) is 18.1 Å². The van der Waals surface area contributed by atoms with Crippen molar-refractivity contribution in [2.45, 2.75) is 6.42 Å². The van der Waals surface area contributed by atoms with Crippen LogP contribution in [-0.2, 0) is 9.59 Å². The van der Waals surface area contributed by atoms with Gasteiger partial charge in [0.25, 0.3) is 0 Å². The molecule has 2 aliphatic rings. The third-order valence-corrected chi connectivity index (χ3v) is 4.86. The lowest BCUT2D eigenvalue weighted by Gasteiger charge is -2.18. The lowest BCUT2D eigenvalue weighted by Crippen LogP contribution is -2.39. The van der Waals surface area contributed by atoms with Crippen LogP contribution in [0.2, 0.25) is 5.02 Å². The lowest BCUT2D eigenvalue weighted by atomic mass is 10.1. The van der Waals surface area contributed by atoms with E-state index in [9.17, 15) is 14.4 Å². The predicted octanol–water partition coefficient (Wildman–Crippen LogP) is 0.843. The predicted molar refractivity (Wildman–Crippen MR) is 96.4 cm³/mol. The molecule has 3 rings (SSSR count). The number of benzene rings is 1. The van der Waals surface area contributed by atoms with Crippen LogP contribution in [0.15, 0.2) is 18.2 Å². The molecule has 2 saturated heterocycles. The van der Waals surface area contributed by atoms with E-state index in [0.717, 1.165) is 0 Å². The number of hydrogen-bond donors (Lipinski definition) is 2. The van der Waals surface area contributed by atoms with E-state index in [-0.39, 0.29) is 24.3 Å². The van der Waals surface area contributed by atoms with E-state index in [1.165, 1.54) is 7.11 Å². The molecular weight excluding hydrogens is 360 g/mol. The monoisotopic (exact) mass is 380 g/mol. The number of halogens is 1. The first kappa shape index (κ1) is 18.3. The second-order valence-electron chi connectivity index (χ2n) is 6.23. The molecule has 1 atom stereocenters. The fourth-order valence-electron chi connectivity index (χ4n) is 3.14. The molecule has 0 radical (unpaired) electrons. The van der Waals surface area contributed by atoms with E-state index in [4.69, 9.17) is 16.3 Å². The van der Waals surface area contributed by atoms with E-state index >= 15 is 0 Å². The summed E-state index contributed by atoms with van der Waals surface area (Å²) >= 11 is 6.12. The normalized spacial score (nSPS) is 19.7. The van der Waals surface area contributed by atoms with Gasteiger partial charge in [-0.3, -0.25) is 9.59 Å². The topological polar surface area (TPSA) is 91.0 Å². The molecule has 4 amide bonds. The Kier molecular flexibility index (Phi) is 5.51. The number of nitrogens with zero attached hydrogens (tertiary/aromatic N) is 2. The van der Waals surface area contributed by atoms with Crippen molar-refractivity contribution in [3.8, 4) is 5.75 Å². The Morgan fingerprint density at radius 1 is 1.42 bits per heavy atom. The molecule has 26 heavy (non-hydrogen) atoms. The summed E-state index contributed by atoms with van der Waals surface area (Å²) in [6.07, 6.45) is 0.152. The third kappa shape index (κ3) is 3.85. The van der Waals surface area contributed by atoms with E-state index in [2.05, 4.69) is 10.6 Å². The lowest BCUT2D eigenvalue weighted by molar-refractivity contribution is -0.126. The van der Waals surface area contributed by atoms with Crippen molar-refractivity contribution in [3.05, 3.63) is 23.2 Å². The Morgan fingerprint density at radius 2 is 2.23 bits per heavy atom. The van der Waals surface area contributed by atoms with Gasteiger partial charge in [0.1, 0.15) is 5.75 Å². The minimum Gasteiger partial charge on any atom is -0.495 e. The summed E-state index contributed by atoms with van der Waals surface area (Å²) in [7, 11) is 1.52. The quantitative estimate of drug-likeness (QED) is 0.765. The van der Waals surface area contributed by atoms with Crippen molar-refractivity contribution in [1.29, 1.82) is 0 Å². The van der Waals surface area contributed by atoms with Crippen LogP contribution in [0.1, 0.15) is 6.42 Å². The van der Waals surface area contributed by atoms with Gasteiger partial charge in [0.15, 0.2) is 0 Å². The van der Waals surface area contributed by atoms with Crippen molar-refractivity contribution in [2.75, 3.05) is 44.7 Å². The molecule has 0 bridgehead atoms. The van der Waals surface area contributed by atoms with E-state index < -0.39 is 5.92 Å². The van der Waals surface area contributed by atoms with Crippen LogP contribution in [0.3, 0.4) is 0 Å². The van der Waals surface area contributed by atoms with Gasteiger partial charge in [0.2, 0.25) is 11.8 Å². The summed E-state index contributed by atoms with van der Waals surface area (Å²) in [5.74, 6) is -0.191. The number of hydrogen-bond acceptors (Lipinski definition) is 4. The summed E-state index contributed by atoms with van der Waals surface area (Å²) < 4.78 is 5.11. The fraction of sp³-hybridized carbons (Fsp3) is 0.471. The van der Waals surface area contributed by atoms with Crippen LogP contribution < -0.4 is 20.3 Å². The summed E-state index contributed by atoms with van der Waals surface area (Å²) in [6.45, 7) is 2.39. The van der Waals surface area contributed by atoms with E-state index in [1.54, 1.807) is 28.0 Å². The number of ether oxygens (including phenoxy) is 1. The third-order valence-electron chi connectivity index (χ3n) is 4.57. The molecule has 0 spiro atoms. The molecule has 0 saturated carbocycles. The zero-order valence-corrected chi connectivity index (χ0v) is 15.2. The second-order valence-corrected chi connectivity index (χ2v) is 6.64. The first-order chi connectivity index (χ1) is 12.5. The standard InChI is InChI=1S/C17H21ClN4O4/c1-26-14-3-2-12(9-13(14)18)22-10-11(8-15(22)23)16(24)19-4-6-21-7-5-20-17(21)25/h2-3,9,11H,4-8,10H2,1H3,(H,19,24)(H,20,25). The maximum atomic E-state index is 12.3. The summed E-state index contributed by atoms with van der Waals surface area (Å²) in [4.78, 5) is 39.3. The van der Waals surface area contributed by atoms with E-state index in [0.29, 0.717) is 49.2 Å². The molecule has 2 N–H and O–H groups in total. The molecular formula is C17H21ClN4O4. The van der Waals surface area contributed by atoms with Gasteiger partial charge in [-0.05, 0) is 18.2 Å². The second kappa shape index (κ2) is 7.82. The van der Waals surface area contributed by atoms with Gasteiger partial charge in [-0.2, -0.15) is 0 Å². The number of nitrogens with one attached hydrogen (secondary N) is 2. The van der Waals surface area contributed by atoms with Gasteiger partial charge < -0.3 is 25.2 Å². The smallest absolute Gasteiger partial charge is 0.317 e. The molecule has 1 aromatic carbocycles. The molecule has 0 aromatic heterocycles. The first-order valence-corrected chi connectivity index (χ1v) is 8.82. The zero-order valence-electron chi connectivity index (χ0n) is 14.5. The fourth-order valence-corrected chi connectivity index (χ4v) is 3.39. The molecule has 2 heterocycles. The Labute approximate surface area is 156 Å². The van der Waals surface area contributed by atoms with Crippen LogP contribution in [0.25, 0.3) is 0 Å². The number of carbonyl (C=O) groups is 3. The molecule has 8 nitrogen and oxygen atoms in total. The Balaban J connectivity index is 1.54. The SMILES string of the molecule is COc1ccc(N2CC(C(=O)NCCN3CCNC3=O)CC2=O)cc1Cl. The van der Waals surface area contributed by atoms with Crippen molar-refractivity contribution in [1.82, 2.24) is 15.5 Å². The van der Waals surface area contributed by atoms with Crippen LogP contribution in [0.4, 0.5) is 10.5 Å². The highest BCUT2D eigenvalue weighted by atomic mass is 35.5. The zero-order chi connectivity index (χ0) is 18.7. The highest BCUT2D eigenvalue weighted by Crippen LogP contribution is 2.32. The van der Waals surface area contributed by atoms with Gasteiger partial charge in [-0.1, -0.05) is 11.6 Å². The molecule has 1 unspecified atom stereocenters. The maximum Gasteiger partial charge on any atom is 0.317 e. The Bertz CT molecular complexity index is 727. The molecule has 0 aliphatic carbocycles. The maximum absolute atomic E-state index is 12.3. The minimum atomic E-state index is -0.421. The number of amides is 4. The van der Waals surface area contributed by atoms with Gasteiger partial charge in [0, 0.05) is 44.8 Å². The van der Waals surface area contributed by atoms with E-state index in [1.807, 2.05) is 0 Å². The van der Waals surface area contributed by atoms with Gasteiger partial charge >= 0.3 is 6.03 Å². The molecule has 2 aliphatic heterocycles. The summed E-state index contributed by atoms with van der Waals surface area (Å²) in [5, 5.41) is 5.93. The van der Waals surface area contributed by atoms with Crippen LogP contribution in [-0.4, -0.2) is 62.6 Å². The van der Waals surface area contributed by atoms with Crippen molar-refractivity contribution < 1.29 is 19.1 Å². The van der Waals surface area contributed by atoms with Crippen LogP contribution >= 0.6 is 11.6 Å².